The molecule has 3 heterocycles. The quantitative estimate of drug-likeness (QED) is 0.401. The molecule has 174 valence electrons. The van der Waals surface area contributed by atoms with Crippen LogP contribution in [0.4, 0.5) is 10.1 Å². The van der Waals surface area contributed by atoms with Crippen molar-refractivity contribution in [3.05, 3.63) is 74.1 Å². The van der Waals surface area contributed by atoms with Gasteiger partial charge in [0.05, 0.1) is 4.92 Å². The van der Waals surface area contributed by atoms with E-state index in [1.54, 1.807) is 37.1 Å². The van der Waals surface area contributed by atoms with Gasteiger partial charge in [0.2, 0.25) is 0 Å². The fourth-order valence-electron chi connectivity index (χ4n) is 3.94. The van der Waals surface area contributed by atoms with E-state index in [-0.39, 0.29) is 24.1 Å². The van der Waals surface area contributed by atoms with Crippen molar-refractivity contribution in [2.24, 2.45) is 0 Å². The maximum atomic E-state index is 13.2. The summed E-state index contributed by atoms with van der Waals surface area (Å²) in [6.07, 6.45) is 1.66. The normalized spacial score (nSPS) is 14.6. The predicted molar refractivity (Wildman–Crippen MR) is 119 cm³/mol. The van der Waals surface area contributed by atoms with Crippen LogP contribution in [0.5, 0.6) is 0 Å². The van der Waals surface area contributed by atoms with E-state index in [2.05, 4.69) is 15.1 Å². The van der Waals surface area contributed by atoms with Crippen LogP contribution in [-0.2, 0) is 13.2 Å². The van der Waals surface area contributed by atoms with Gasteiger partial charge in [0.15, 0.2) is 0 Å². The van der Waals surface area contributed by atoms with Gasteiger partial charge in [-0.05, 0) is 37.6 Å². The van der Waals surface area contributed by atoms with Crippen LogP contribution in [0, 0.1) is 29.8 Å². The Labute approximate surface area is 194 Å². The summed E-state index contributed by atoms with van der Waals surface area (Å²) in [7, 11) is 0. The summed E-state index contributed by atoms with van der Waals surface area (Å²) < 4.78 is 16.3. The Kier molecular flexibility index (Phi) is 6.43. The summed E-state index contributed by atoms with van der Waals surface area (Å²) in [5.74, 6) is -0.540. The molecule has 3 aromatic rings. The van der Waals surface area contributed by atoms with Crippen molar-refractivity contribution in [3.8, 4) is 0 Å². The minimum Gasteiger partial charge on any atom is -0.335 e. The topological polar surface area (TPSA) is 102 Å². The number of carbonyl (C=O) groups excluding carboxylic acids is 1. The third-order valence-electron chi connectivity index (χ3n) is 5.73. The highest BCUT2D eigenvalue weighted by Gasteiger charge is 2.25. The van der Waals surface area contributed by atoms with Crippen LogP contribution in [0.3, 0.4) is 0 Å². The molecule has 12 heteroatoms. The summed E-state index contributed by atoms with van der Waals surface area (Å²) in [5, 5.41) is 20.1. The van der Waals surface area contributed by atoms with Gasteiger partial charge in [-0.1, -0.05) is 17.7 Å². The molecule has 1 aliphatic rings. The van der Waals surface area contributed by atoms with Crippen LogP contribution in [0.15, 0.2) is 30.5 Å². The lowest BCUT2D eigenvalue weighted by molar-refractivity contribution is -0.386. The Morgan fingerprint density at radius 3 is 2.55 bits per heavy atom. The predicted octanol–water partition coefficient (Wildman–Crippen LogP) is 2.86. The van der Waals surface area contributed by atoms with E-state index in [0.717, 1.165) is 5.56 Å². The number of aromatic nitrogens is 4. The first-order chi connectivity index (χ1) is 15.7. The van der Waals surface area contributed by atoms with Gasteiger partial charge in [0.25, 0.3) is 5.91 Å². The lowest BCUT2D eigenvalue weighted by Crippen LogP contribution is -2.48. The Morgan fingerprint density at radius 1 is 1.18 bits per heavy atom. The molecule has 0 aliphatic carbocycles. The minimum absolute atomic E-state index is 0.0155. The van der Waals surface area contributed by atoms with Crippen molar-refractivity contribution >= 4 is 23.2 Å². The lowest BCUT2D eigenvalue weighted by Gasteiger charge is -2.34. The number of amides is 1. The van der Waals surface area contributed by atoms with Crippen LogP contribution in [0.25, 0.3) is 0 Å². The number of rotatable bonds is 6. The Balaban J connectivity index is 1.35. The number of nitro groups is 1. The zero-order valence-corrected chi connectivity index (χ0v) is 19.0. The molecule has 2 aromatic heterocycles. The largest absolute Gasteiger partial charge is 0.335 e. The Hall–Kier alpha value is -3.31. The van der Waals surface area contributed by atoms with Gasteiger partial charge >= 0.3 is 5.69 Å². The van der Waals surface area contributed by atoms with Crippen molar-refractivity contribution < 1.29 is 14.1 Å². The number of hydrogen-bond donors (Lipinski definition) is 0. The number of piperazine rings is 1. The molecule has 1 saturated heterocycles. The second-order valence-corrected chi connectivity index (χ2v) is 8.37. The van der Waals surface area contributed by atoms with Gasteiger partial charge < -0.3 is 4.90 Å². The average Bonchev–Trinajstić information content (AvgIpc) is 3.34. The molecule has 1 amide bonds. The molecule has 0 N–H and O–H groups in total. The first-order valence-corrected chi connectivity index (χ1v) is 10.8. The van der Waals surface area contributed by atoms with Gasteiger partial charge in [-0.3, -0.25) is 24.5 Å². The van der Waals surface area contributed by atoms with Crippen molar-refractivity contribution in [2.45, 2.75) is 27.1 Å². The van der Waals surface area contributed by atoms with E-state index in [9.17, 15) is 19.3 Å². The zero-order valence-electron chi connectivity index (χ0n) is 18.2. The Morgan fingerprint density at radius 2 is 1.91 bits per heavy atom. The highest BCUT2D eigenvalue weighted by atomic mass is 35.5. The number of halogens is 2. The molecule has 4 rings (SSSR count). The second-order valence-electron chi connectivity index (χ2n) is 7.96. The molecule has 0 unspecified atom stereocenters. The van der Waals surface area contributed by atoms with Crippen molar-refractivity contribution in [1.82, 2.24) is 29.4 Å². The number of aryl methyl sites for hydroxylation is 1. The molecule has 0 saturated carbocycles. The van der Waals surface area contributed by atoms with E-state index in [0.29, 0.717) is 54.8 Å². The molecule has 0 radical (unpaired) electrons. The average molecular weight is 476 g/mol. The maximum absolute atomic E-state index is 13.2. The first kappa shape index (κ1) is 22.9. The summed E-state index contributed by atoms with van der Waals surface area (Å²) in [4.78, 5) is 27.5. The number of nitrogens with zero attached hydrogens (tertiary/aromatic N) is 7. The van der Waals surface area contributed by atoms with Gasteiger partial charge in [0.1, 0.15) is 29.6 Å². The van der Waals surface area contributed by atoms with E-state index in [1.807, 2.05) is 0 Å². The minimum atomic E-state index is -0.449. The third kappa shape index (κ3) is 4.88. The number of benzene rings is 1. The summed E-state index contributed by atoms with van der Waals surface area (Å²) in [6, 6.07) is 6.01. The van der Waals surface area contributed by atoms with Gasteiger partial charge in [-0.2, -0.15) is 10.2 Å². The van der Waals surface area contributed by atoms with Crippen LogP contribution in [0.1, 0.15) is 27.4 Å². The number of hydrogen-bond acceptors (Lipinski definition) is 6. The summed E-state index contributed by atoms with van der Waals surface area (Å²) in [6.45, 7) is 6.37. The standard InChI is InChI=1S/C21H23ClFN7O3/c1-14-20(30(32)33)15(2)29(24-14)13-28-6-5-19(25-28)21(31)27-9-7-26(8-10-27)12-16-3-4-17(23)11-18(16)22/h3-6,11H,7-10,12-13H2,1-2H3. The van der Waals surface area contributed by atoms with Gasteiger partial charge in [-0.15, -0.1) is 0 Å². The molecule has 10 nitrogen and oxygen atoms in total. The first-order valence-electron chi connectivity index (χ1n) is 10.4. The van der Waals surface area contributed by atoms with E-state index in [1.165, 1.54) is 21.5 Å². The lowest BCUT2D eigenvalue weighted by atomic mass is 10.2. The molecule has 1 aromatic carbocycles. The fraction of sp³-hybridized carbons (Fsp3) is 0.381. The zero-order chi connectivity index (χ0) is 23.7. The summed E-state index contributed by atoms with van der Waals surface area (Å²) in [5.41, 5.74) is 1.90. The van der Waals surface area contributed by atoms with E-state index in [4.69, 9.17) is 11.6 Å². The molecule has 0 atom stereocenters. The molecule has 1 fully saturated rings. The van der Waals surface area contributed by atoms with Crippen LogP contribution < -0.4 is 0 Å². The van der Waals surface area contributed by atoms with Gasteiger partial charge in [-0.25, -0.2) is 9.07 Å². The van der Waals surface area contributed by atoms with Crippen LogP contribution in [-0.4, -0.2) is 66.4 Å². The monoisotopic (exact) mass is 475 g/mol. The smallest absolute Gasteiger partial charge is 0.312 e. The highest BCUT2D eigenvalue weighted by molar-refractivity contribution is 6.31. The van der Waals surface area contributed by atoms with Crippen molar-refractivity contribution in [2.75, 3.05) is 26.2 Å². The van der Waals surface area contributed by atoms with Crippen LogP contribution >= 0.6 is 11.6 Å². The maximum Gasteiger partial charge on any atom is 0.312 e. The van der Waals surface area contributed by atoms with E-state index >= 15 is 0 Å². The SMILES string of the molecule is Cc1nn(Cn2ccc(C(=O)N3CCN(Cc4ccc(F)cc4Cl)CC3)n2)c(C)c1[N+](=O)[O-]. The molecular formula is C21H23ClFN7O3. The molecule has 0 spiro atoms. The Bertz CT molecular complexity index is 1200. The highest BCUT2D eigenvalue weighted by Crippen LogP contribution is 2.22. The number of carbonyl (C=O) groups is 1. The van der Waals surface area contributed by atoms with Crippen molar-refractivity contribution in [3.63, 3.8) is 0 Å². The van der Waals surface area contributed by atoms with Crippen molar-refractivity contribution in [1.29, 1.82) is 0 Å². The summed E-state index contributed by atoms with van der Waals surface area (Å²) >= 11 is 6.12. The second kappa shape index (κ2) is 9.28. The third-order valence-corrected chi connectivity index (χ3v) is 6.08. The fourth-order valence-corrected chi connectivity index (χ4v) is 4.17. The van der Waals surface area contributed by atoms with Crippen LogP contribution in [0.2, 0.25) is 5.02 Å². The molecule has 1 aliphatic heterocycles. The molecular weight excluding hydrogens is 453 g/mol. The molecule has 33 heavy (non-hydrogen) atoms. The van der Waals surface area contributed by atoms with E-state index < -0.39 is 4.92 Å². The molecule has 0 bridgehead atoms. The van der Waals surface area contributed by atoms with Gasteiger partial charge in [0, 0.05) is 43.9 Å².